The van der Waals surface area contributed by atoms with E-state index in [2.05, 4.69) is 0 Å². The van der Waals surface area contributed by atoms with Crippen LogP contribution in [0.2, 0.25) is 5.02 Å². The van der Waals surface area contributed by atoms with Crippen molar-refractivity contribution in [1.82, 2.24) is 0 Å². The van der Waals surface area contributed by atoms with Crippen molar-refractivity contribution in [2.75, 3.05) is 18.6 Å². The maximum atomic E-state index is 13.9. The number of carbonyl (C=O) groups is 1. The summed E-state index contributed by atoms with van der Waals surface area (Å²) in [5.74, 6) is 0.345. The highest BCUT2D eigenvalue weighted by atomic mass is 35.5. The van der Waals surface area contributed by atoms with Gasteiger partial charge in [-0.15, -0.1) is 0 Å². The van der Waals surface area contributed by atoms with E-state index in [1.165, 1.54) is 13.2 Å². The van der Waals surface area contributed by atoms with Crippen molar-refractivity contribution >= 4 is 34.8 Å². The van der Waals surface area contributed by atoms with Crippen molar-refractivity contribution in [3.05, 3.63) is 88.2 Å². The smallest absolute Gasteiger partial charge is 0.258 e. The second-order valence-corrected chi connectivity index (χ2v) is 7.85. The first kappa shape index (κ1) is 21.9. The number of para-hydroxylation sites is 1. The Balaban J connectivity index is 1.67. The Hall–Kier alpha value is -3.31. The summed E-state index contributed by atoms with van der Waals surface area (Å²) in [6, 6.07) is 17.6. The van der Waals surface area contributed by atoms with Crippen LogP contribution in [-0.2, 0) is 11.4 Å². The molecule has 0 saturated carbocycles. The van der Waals surface area contributed by atoms with Crippen LogP contribution in [0.3, 0.4) is 0 Å². The van der Waals surface area contributed by atoms with Crippen LogP contribution in [0.5, 0.6) is 11.5 Å². The summed E-state index contributed by atoms with van der Waals surface area (Å²) in [5, 5.41) is 0.316. The van der Waals surface area contributed by atoms with E-state index in [4.69, 9.17) is 21.1 Å². The van der Waals surface area contributed by atoms with E-state index in [0.29, 0.717) is 39.8 Å². The van der Waals surface area contributed by atoms with Crippen molar-refractivity contribution < 1.29 is 18.7 Å². The molecule has 1 heterocycles. The first-order valence-corrected chi connectivity index (χ1v) is 10.8. The number of hydrogen-bond acceptors (Lipinski definition) is 3. The second-order valence-electron chi connectivity index (χ2n) is 7.45. The van der Waals surface area contributed by atoms with Crippen LogP contribution in [0, 0.1) is 5.82 Å². The summed E-state index contributed by atoms with van der Waals surface area (Å²) in [6.45, 7) is 2.71. The van der Waals surface area contributed by atoms with Crippen LogP contribution in [0.25, 0.3) is 11.6 Å². The summed E-state index contributed by atoms with van der Waals surface area (Å²) in [6.07, 6.45) is 2.67. The van der Waals surface area contributed by atoms with Gasteiger partial charge in [0.05, 0.1) is 17.8 Å². The Morgan fingerprint density at radius 2 is 1.84 bits per heavy atom. The zero-order chi connectivity index (χ0) is 22.7. The Labute approximate surface area is 191 Å². The summed E-state index contributed by atoms with van der Waals surface area (Å²) >= 11 is 6.50. The van der Waals surface area contributed by atoms with Gasteiger partial charge in [-0.3, -0.25) is 4.79 Å². The van der Waals surface area contributed by atoms with Gasteiger partial charge in [0.25, 0.3) is 5.91 Å². The zero-order valence-corrected chi connectivity index (χ0v) is 18.7. The lowest BCUT2D eigenvalue weighted by Gasteiger charge is -2.15. The molecular weight excluding hydrogens is 429 g/mol. The van der Waals surface area contributed by atoms with Gasteiger partial charge in [-0.1, -0.05) is 54.9 Å². The third kappa shape index (κ3) is 4.21. The number of carbonyl (C=O) groups excluding carboxylic acids is 1. The summed E-state index contributed by atoms with van der Waals surface area (Å²) in [4.78, 5) is 14.9. The number of benzene rings is 3. The number of nitrogens with zero attached hydrogens (tertiary/aromatic N) is 1. The fraction of sp³-hybridized carbons (Fsp3) is 0.192. The zero-order valence-electron chi connectivity index (χ0n) is 17.9. The van der Waals surface area contributed by atoms with E-state index in [1.807, 2.05) is 37.3 Å². The SMILES string of the molecule is CCCN1C(=O)/C(=C\c2cc(Cl)c(OCc3ccccc3F)c(OC)c2)c2ccccc21. The van der Waals surface area contributed by atoms with Crippen molar-refractivity contribution in [3.8, 4) is 11.5 Å². The van der Waals surface area contributed by atoms with Gasteiger partial charge in [-0.05, 0) is 42.3 Å². The Kier molecular flexibility index (Phi) is 6.47. The van der Waals surface area contributed by atoms with Crippen LogP contribution in [-0.4, -0.2) is 19.6 Å². The molecule has 0 bridgehead atoms. The number of rotatable bonds is 7. The minimum atomic E-state index is -0.348. The Morgan fingerprint density at radius 3 is 2.59 bits per heavy atom. The molecule has 1 aliphatic heterocycles. The lowest BCUT2D eigenvalue weighted by atomic mass is 10.0. The van der Waals surface area contributed by atoms with Gasteiger partial charge >= 0.3 is 0 Å². The van der Waals surface area contributed by atoms with Crippen LogP contribution < -0.4 is 14.4 Å². The average molecular weight is 452 g/mol. The first-order valence-electron chi connectivity index (χ1n) is 10.4. The molecule has 3 aromatic carbocycles. The normalized spacial score (nSPS) is 14.1. The first-order chi connectivity index (χ1) is 15.5. The second kappa shape index (κ2) is 9.45. The maximum absolute atomic E-state index is 13.9. The van der Waals surface area contributed by atoms with E-state index < -0.39 is 0 Å². The highest BCUT2D eigenvalue weighted by Crippen LogP contribution is 2.41. The number of methoxy groups -OCH3 is 1. The van der Waals surface area contributed by atoms with Crippen molar-refractivity contribution in [2.24, 2.45) is 0 Å². The largest absolute Gasteiger partial charge is 0.493 e. The van der Waals surface area contributed by atoms with Crippen LogP contribution in [0.1, 0.15) is 30.0 Å². The Bertz CT molecular complexity index is 1190. The van der Waals surface area contributed by atoms with E-state index >= 15 is 0 Å². The molecule has 6 heteroatoms. The van der Waals surface area contributed by atoms with Gasteiger partial charge in [0.2, 0.25) is 0 Å². The molecule has 164 valence electrons. The van der Waals surface area contributed by atoms with E-state index in [9.17, 15) is 9.18 Å². The standard InChI is InChI=1S/C26H23ClFNO3/c1-3-12-29-23-11-7-5-9-19(23)20(26(29)30)13-17-14-21(27)25(24(15-17)31-2)32-16-18-8-4-6-10-22(18)28/h4-11,13-15H,3,12,16H2,1-2H3/b20-13-. The van der Waals surface area contributed by atoms with Crippen molar-refractivity contribution in [2.45, 2.75) is 20.0 Å². The molecule has 4 rings (SSSR count). The molecule has 4 nitrogen and oxygen atoms in total. The maximum Gasteiger partial charge on any atom is 0.258 e. The number of halogens is 2. The molecule has 0 fully saturated rings. The van der Waals surface area contributed by atoms with Crippen molar-refractivity contribution in [1.29, 1.82) is 0 Å². The fourth-order valence-corrected chi connectivity index (χ4v) is 4.06. The molecule has 0 radical (unpaired) electrons. The quantitative estimate of drug-likeness (QED) is 0.392. The van der Waals surface area contributed by atoms with Gasteiger partial charge < -0.3 is 14.4 Å². The number of fused-ring (bicyclic) bond motifs is 1. The fourth-order valence-electron chi connectivity index (χ4n) is 3.79. The molecule has 0 N–H and O–H groups in total. The van der Waals surface area contributed by atoms with Crippen LogP contribution in [0.15, 0.2) is 60.7 Å². The molecular formula is C26H23ClFNO3. The molecule has 0 aliphatic carbocycles. The lowest BCUT2D eigenvalue weighted by Crippen LogP contribution is -2.26. The molecule has 1 amide bonds. The highest BCUT2D eigenvalue weighted by Gasteiger charge is 2.31. The molecule has 0 atom stereocenters. The molecule has 0 spiro atoms. The number of amides is 1. The predicted octanol–water partition coefficient (Wildman–Crippen LogP) is 6.36. The topological polar surface area (TPSA) is 38.8 Å². The lowest BCUT2D eigenvalue weighted by molar-refractivity contribution is -0.113. The summed E-state index contributed by atoms with van der Waals surface area (Å²) in [7, 11) is 1.51. The molecule has 32 heavy (non-hydrogen) atoms. The van der Waals surface area contributed by atoms with Gasteiger partial charge in [0, 0.05) is 23.2 Å². The number of anilines is 1. The minimum Gasteiger partial charge on any atom is -0.493 e. The predicted molar refractivity (Wildman–Crippen MR) is 126 cm³/mol. The molecule has 0 aromatic heterocycles. The summed E-state index contributed by atoms with van der Waals surface area (Å²) in [5.41, 5.74) is 3.53. The van der Waals surface area contributed by atoms with Gasteiger partial charge in [0.1, 0.15) is 12.4 Å². The van der Waals surface area contributed by atoms with Crippen molar-refractivity contribution in [3.63, 3.8) is 0 Å². The van der Waals surface area contributed by atoms with Gasteiger partial charge in [-0.2, -0.15) is 0 Å². The average Bonchev–Trinajstić information content (AvgIpc) is 3.05. The van der Waals surface area contributed by atoms with E-state index in [1.54, 1.807) is 35.2 Å². The molecule has 0 unspecified atom stereocenters. The highest BCUT2D eigenvalue weighted by molar-refractivity contribution is 6.36. The van der Waals surface area contributed by atoms with E-state index in [-0.39, 0.29) is 18.3 Å². The summed E-state index contributed by atoms with van der Waals surface area (Å²) < 4.78 is 25.2. The molecule has 1 aliphatic rings. The third-order valence-corrected chi connectivity index (χ3v) is 5.58. The molecule has 0 saturated heterocycles. The van der Waals surface area contributed by atoms with E-state index in [0.717, 1.165) is 17.7 Å². The minimum absolute atomic E-state index is 0.0149. The third-order valence-electron chi connectivity index (χ3n) is 5.30. The number of ether oxygens (including phenoxy) is 2. The Morgan fingerprint density at radius 1 is 1.09 bits per heavy atom. The van der Waals surface area contributed by atoms with Gasteiger partial charge in [0.15, 0.2) is 11.5 Å². The number of hydrogen-bond donors (Lipinski definition) is 0. The molecule has 3 aromatic rings. The monoisotopic (exact) mass is 451 g/mol. The van der Waals surface area contributed by atoms with Crippen LogP contribution in [0.4, 0.5) is 10.1 Å². The van der Waals surface area contributed by atoms with Gasteiger partial charge in [-0.25, -0.2) is 4.39 Å². The van der Waals surface area contributed by atoms with Crippen LogP contribution >= 0.6 is 11.6 Å².